The maximum atomic E-state index is 13.6. The molecule has 6 nitrogen and oxygen atoms in total. The molecule has 0 amide bonds. The lowest BCUT2D eigenvalue weighted by Gasteiger charge is -2.29. The molecule has 9 heteroatoms. The topological polar surface area (TPSA) is 65.7 Å². The highest BCUT2D eigenvalue weighted by molar-refractivity contribution is 5.80. The van der Waals surface area contributed by atoms with E-state index in [1.54, 1.807) is 0 Å². The summed E-state index contributed by atoms with van der Waals surface area (Å²) in [7, 11) is 1.44. The number of hydrogen-bond donors (Lipinski definition) is 2. The summed E-state index contributed by atoms with van der Waals surface area (Å²) in [6, 6.07) is 0. The molecule has 0 bridgehead atoms. The van der Waals surface area contributed by atoms with Gasteiger partial charge in [0.2, 0.25) is 5.60 Å². The van der Waals surface area contributed by atoms with E-state index in [1.165, 1.54) is 24.0 Å². The molecule has 1 aromatic rings. The van der Waals surface area contributed by atoms with Crippen molar-refractivity contribution >= 4 is 5.96 Å². The Morgan fingerprint density at radius 2 is 2.14 bits per heavy atom. The minimum atomic E-state index is -4.84. The van der Waals surface area contributed by atoms with E-state index in [0.717, 1.165) is 25.9 Å². The van der Waals surface area contributed by atoms with Crippen molar-refractivity contribution in [2.24, 2.45) is 23.9 Å². The van der Waals surface area contributed by atoms with Gasteiger partial charge in [-0.05, 0) is 31.6 Å². The highest BCUT2D eigenvalue weighted by atomic mass is 19.4. The Balaban J connectivity index is 2.10. The summed E-state index contributed by atoms with van der Waals surface area (Å²) in [6.07, 6.45) is -0.600. The summed E-state index contributed by atoms with van der Waals surface area (Å²) >= 11 is 0. The van der Waals surface area contributed by atoms with Crippen molar-refractivity contribution in [3.63, 3.8) is 0 Å². The summed E-state index contributed by atoms with van der Waals surface area (Å²) in [5.74, 6) is 1.38. The van der Waals surface area contributed by atoms with E-state index in [1.807, 2.05) is 6.92 Å². The van der Waals surface area contributed by atoms with E-state index in [2.05, 4.69) is 34.0 Å². The van der Waals surface area contributed by atoms with Crippen LogP contribution in [0.1, 0.15) is 45.9 Å². The Kier molecular flexibility index (Phi) is 7.36. The average Bonchev–Trinajstić information content (AvgIpc) is 3.21. The molecule has 1 fully saturated rings. The molecule has 2 unspecified atom stereocenters. The number of halogens is 3. The summed E-state index contributed by atoms with van der Waals surface area (Å²) in [4.78, 5) is 10.2. The van der Waals surface area contributed by atoms with E-state index in [9.17, 15) is 18.3 Å². The van der Waals surface area contributed by atoms with Gasteiger partial charge in [0.25, 0.3) is 0 Å². The number of alkyl halides is 3. The molecule has 2 N–H and O–H groups in total. The first-order valence-electron chi connectivity index (χ1n) is 9.88. The number of likely N-dealkylation sites (tertiary alicyclic amines) is 1. The predicted octanol–water partition coefficient (Wildman–Crippen LogP) is 2.89. The van der Waals surface area contributed by atoms with Crippen molar-refractivity contribution in [1.29, 1.82) is 0 Å². The number of aliphatic hydroxyl groups is 1. The molecule has 0 spiro atoms. The van der Waals surface area contributed by atoms with E-state index >= 15 is 0 Å². The van der Waals surface area contributed by atoms with Gasteiger partial charge in [0.1, 0.15) is 5.82 Å². The number of rotatable bonds is 7. The molecule has 0 aromatic carbocycles. The fourth-order valence-corrected chi connectivity index (χ4v) is 3.78. The maximum absolute atomic E-state index is 13.6. The first-order chi connectivity index (χ1) is 13.1. The minimum absolute atomic E-state index is 0.156. The number of aryl methyl sites for hydroxylation is 1. The van der Waals surface area contributed by atoms with Crippen LogP contribution in [0.3, 0.4) is 0 Å². The van der Waals surface area contributed by atoms with Crippen LogP contribution in [0.15, 0.2) is 17.4 Å². The van der Waals surface area contributed by atoms with Crippen LogP contribution in [0.25, 0.3) is 0 Å². The van der Waals surface area contributed by atoms with Crippen LogP contribution < -0.4 is 5.32 Å². The fourth-order valence-electron chi connectivity index (χ4n) is 3.78. The van der Waals surface area contributed by atoms with E-state index in [-0.39, 0.29) is 6.54 Å². The average molecular weight is 403 g/mol. The normalized spacial score (nSPS) is 20.7. The molecule has 0 aliphatic carbocycles. The Morgan fingerprint density at radius 3 is 2.68 bits per heavy atom. The zero-order valence-corrected chi connectivity index (χ0v) is 17.1. The third-order valence-corrected chi connectivity index (χ3v) is 5.12. The lowest BCUT2D eigenvalue weighted by atomic mass is 9.97. The first-order valence-corrected chi connectivity index (χ1v) is 9.88. The third-order valence-electron chi connectivity index (χ3n) is 5.12. The highest BCUT2D eigenvalue weighted by Crippen LogP contribution is 2.40. The highest BCUT2D eigenvalue weighted by Gasteiger charge is 2.57. The number of aliphatic imine (C=N–C) groups is 1. The molecule has 1 aliphatic heterocycles. The molecule has 1 saturated heterocycles. The maximum Gasteiger partial charge on any atom is 0.424 e. The smallest absolute Gasteiger partial charge is 0.374 e. The Hall–Kier alpha value is -1.77. The summed E-state index contributed by atoms with van der Waals surface area (Å²) < 4.78 is 42.0. The van der Waals surface area contributed by atoms with Crippen LogP contribution in [-0.2, 0) is 12.6 Å². The molecule has 160 valence electrons. The quantitative estimate of drug-likeness (QED) is 0.543. The molecule has 2 heterocycles. The van der Waals surface area contributed by atoms with Crippen molar-refractivity contribution < 1.29 is 18.3 Å². The Bertz CT molecular complexity index is 658. The van der Waals surface area contributed by atoms with E-state index in [0.29, 0.717) is 24.3 Å². The van der Waals surface area contributed by atoms with Gasteiger partial charge in [0.05, 0.1) is 0 Å². The van der Waals surface area contributed by atoms with E-state index in [4.69, 9.17) is 0 Å². The van der Waals surface area contributed by atoms with Crippen LogP contribution >= 0.6 is 0 Å². The van der Waals surface area contributed by atoms with Crippen LogP contribution in [-0.4, -0.2) is 57.9 Å². The number of aromatic nitrogens is 2. The predicted molar refractivity (Wildman–Crippen MR) is 103 cm³/mol. The molecule has 2 atom stereocenters. The first kappa shape index (κ1) is 22.5. The van der Waals surface area contributed by atoms with Gasteiger partial charge in [0.15, 0.2) is 5.96 Å². The van der Waals surface area contributed by atoms with Gasteiger partial charge in [-0.15, -0.1) is 0 Å². The SMILES string of the molecule is CCNC(=NCCC(O)(c1nccn1C)C(F)(F)F)N1CCC(CC(C)C)C1. The second-order valence-corrected chi connectivity index (χ2v) is 7.94. The monoisotopic (exact) mass is 403 g/mol. The Labute approximate surface area is 164 Å². The van der Waals surface area contributed by atoms with Crippen LogP contribution in [0.2, 0.25) is 0 Å². The van der Waals surface area contributed by atoms with E-state index < -0.39 is 24.0 Å². The summed E-state index contributed by atoms with van der Waals surface area (Å²) in [5, 5.41) is 13.6. The van der Waals surface area contributed by atoms with Crippen molar-refractivity contribution in [3.05, 3.63) is 18.2 Å². The zero-order chi connectivity index (χ0) is 20.9. The standard InChI is InChI=1S/C19H32F3N5O/c1-5-23-17(27-10-6-15(13-27)12-14(2)3)25-8-7-18(28,19(20,21)22)16-24-9-11-26(16)4/h9,11,14-15,28H,5-8,10,12-13H2,1-4H3,(H,23,25). The second kappa shape index (κ2) is 9.15. The van der Waals surface area contributed by atoms with Crippen molar-refractivity contribution in [3.8, 4) is 0 Å². The molecule has 28 heavy (non-hydrogen) atoms. The molecular weight excluding hydrogens is 371 g/mol. The molecule has 2 rings (SSSR count). The minimum Gasteiger partial charge on any atom is -0.374 e. The summed E-state index contributed by atoms with van der Waals surface area (Å²) in [6.45, 7) is 8.48. The number of nitrogens with zero attached hydrogens (tertiary/aromatic N) is 4. The third kappa shape index (κ3) is 5.18. The molecule has 1 aromatic heterocycles. The van der Waals surface area contributed by atoms with Crippen LogP contribution in [0.5, 0.6) is 0 Å². The molecule has 1 aliphatic rings. The van der Waals surface area contributed by atoms with Gasteiger partial charge in [-0.3, -0.25) is 4.99 Å². The summed E-state index contributed by atoms with van der Waals surface area (Å²) in [5.41, 5.74) is -3.03. The van der Waals surface area contributed by atoms with Crippen LogP contribution in [0, 0.1) is 11.8 Å². The Morgan fingerprint density at radius 1 is 1.43 bits per heavy atom. The van der Waals surface area contributed by atoms with Gasteiger partial charge in [-0.2, -0.15) is 13.2 Å². The zero-order valence-electron chi connectivity index (χ0n) is 17.1. The number of guanidine groups is 1. The lowest BCUT2D eigenvalue weighted by Crippen LogP contribution is -2.45. The van der Waals surface area contributed by atoms with Gasteiger partial charge in [0, 0.05) is 52.0 Å². The van der Waals surface area contributed by atoms with Gasteiger partial charge < -0.3 is 19.9 Å². The fraction of sp³-hybridized carbons (Fsp3) is 0.789. The van der Waals surface area contributed by atoms with Gasteiger partial charge >= 0.3 is 6.18 Å². The largest absolute Gasteiger partial charge is 0.424 e. The number of nitrogens with one attached hydrogen (secondary N) is 1. The molecular formula is C19H32F3N5O. The number of hydrogen-bond acceptors (Lipinski definition) is 3. The van der Waals surface area contributed by atoms with Gasteiger partial charge in [-0.25, -0.2) is 4.98 Å². The van der Waals surface area contributed by atoms with Crippen molar-refractivity contribution in [2.75, 3.05) is 26.2 Å². The molecule has 0 saturated carbocycles. The molecule has 0 radical (unpaired) electrons. The second-order valence-electron chi connectivity index (χ2n) is 7.94. The van der Waals surface area contributed by atoms with Gasteiger partial charge in [-0.1, -0.05) is 13.8 Å². The number of imidazole rings is 1. The lowest BCUT2D eigenvalue weighted by molar-refractivity contribution is -0.272. The van der Waals surface area contributed by atoms with Crippen LogP contribution in [0.4, 0.5) is 13.2 Å². The van der Waals surface area contributed by atoms with Crippen molar-refractivity contribution in [2.45, 2.75) is 51.8 Å². The van der Waals surface area contributed by atoms with Crippen molar-refractivity contribution in [1.82, 2.24) is 19.8 Å².